The van der Waals surface area contributed by atoms with E-state index < -0.39 is 17.7 Å². The maximum absolute atomic E-state index is 13.6. The van der Waals surface area contributed by atoms with Gasteiger partial charge in [0.15, 0.2) is 5.96 Å². The number of benzene rings is 1. The van der Waals surface area contributed by atoms with E-state index in [1.54, 1.807) is 12.1 Å². The molecule has 0 radical (unpaired) electrons. The molecule has 0 aliphatic heterocycles. The number of guanidine groups is 1. The molecule has 0 bridgehead atoms. The normalized spacial score (nSPS) is 12.9. The minimum atomic E-state index is -0.837. The van der Waals surface area contributed by atoms with Crippen LogP contribution in [0.2, 0.25) is 0 Å². The smallest absolute Gasteiger partial charge is 0.191 e. The lowest BCUT2D eigenvalue weighted by Gasteiger charge is -2.12. The molecule has 1 aromatic carbocycles. The molecule has 2 aromatic rings. The van der Waals surface area contributed by atoms with E-state index >= 15 is 0 Å². The van der Waals surface area contributed by atoms with Crippen molar-refractivity contribution in [2.24, 2.45) is 4.99 Å². The Hall–Kier alpha value is -2.41. The van der Waals surface area contributed by atoms with Crippen molar-refractivity contribution in [1.29, 1.82) is 0 Å². The van der Waals surface area contributed by atoms with Crippen molar-refractivity contribution >= 4 is 5.96 Å². The highest BCUT2D eigenvalue weighted by Gasteiger charge is 2.10. The van der Waals surface area contributed by atoms with Crippen molar-refractivity contribution < 1.29 is 18.3 Å². The number of nitrogens with one attached hydrogen (secondary N) is 2. The molecule has 1 unspecified atom stereocenters. The molecule has 7 heteroatoms. The third kappa shape index (κ3) is 5.34. The molecule has 2 rings (SSSR count). The lowest BCUT2D eigenvalue weighted by Crippen LogP contribution is -2.38. The van der Waals surface area contributed by atoms with E-state index in [9.17, 15) is 13.9 Å². The minimum absolute atomic E-state index is 0.122. The van der Waals surface area contributed by atoms with Gasteiger partial charge in [0, 0.05) is 13.1 Å². The second-order valence-corrected chi connectivity index (χ2v) is 5.16. The van der Waals surface area contributed by atoms with Crippen molar-refractivity contribution in [2.75, 3.05) is 19.6 Å². The first-order valence-electron chi connectivity index (χ1n) is 7.77. The molecule has 0 aliphatic carbocycles. The Bertz CT molecular complexity index is 660. The van der Waals surface area contributed by atoms with E-state index in [0.29, 0.717) is 36.8 Å². The zero-order valence-electron chi connectivity index (χ0n) is 13.4. The molecular formula is C17H21F2N3O2. The topological polar surface area (TPSA) is 69.8 Å². The number of halogens is 2. The summed E-state index contributed by atoms with van der Waals surface area (Å²) in [4.78, 5) is 4.26. The SMILES string of the molecule is CCNC(=NCC(O)c1ccco1)NCCc1cc(F)ccc1F. The van der Waals surface area contributed by atoms with Gasteiger partial charge >= 0.3 is 0 Å². The molecule has 130 valence electrons. The van der Waals surface area contributed by atoms with Gasteiger partial charge in [-0.15, -0.1) is 0 Å². The molecule has 0 fully saturated rings. The second kappa shape index (κ2) is 9.02. The van der Waals surface area contributed by atoms with Gasteiger partial charge in [-0.2, -0.15) is 0 Å². The van der Waals surface area contributed by atoms with Crippen molar-refractivity contribution in [2.45, 2.75) is 19.4 Å². The van der Waals surface area contributed by atoms with Crippen LogP contribution in [0.1, 0.15) is 24.4 Å². The molecule has 24 heavy (non-hydrogen) atoms. The Morgan fingerprint density at radius 2 is 2.12 bits per heavy atom. The van der Waals surface area contributed by atoms with Crippen LogP contribution in [0, 0.1) is 11.6 Å². The van der Waals surface area contributed by atoms with Crippen LogP contribution in [0.15, 0.2) is 46.0 Å². The maximum atomic E-state index is 13.6. The Labute approximate surface area is 139 Å². The quantitative estimate of drug-likeness (QED) is 0.536. The molecular weight excluding hydrogens is 316 g/mol. The van der Waals surface area contributed by atoms with Crippen LogP contribution in [-0.4, -0.2) is 30.7 Å². The van der Waals surface area contributed by atoms with Gasteiger partial charge in [0.25, 0.3) is 0 Å². The van der Waals surface area contributed by atoms with Gasteiger partial charge in [-0.3, -0.25) is 4.99 Å². The molecule has 5 nitrogen and oxygen atoms in total. The van der Waals surface area contributed by atoms with E-state index in [0.717, 1.165) is 12.1 Å². The zero-order chi connectivity index (χ0) is 17.4. The Balaban J connectivity index is 1.88. The summed E-state index contributed by atoms with van der Waals surface area (Å²) in [6, 6.07) is 6.76. The summed E-state index contributed by atoms with van der Waals surface area (Å²) >= 11 is 0. The van der Waals surface area contributed by atoms with Crippen molar-refractivity contribution in [3.05, 3.63) is 59.6 Å². The van der Waals surface area contributed by atoms with Crippen LogP contribution in [0.4, 0.5) is 8.78 Å². The van der Waals surface area contributed by atoms with Gasteiger partial charge in [0.05, 0.1) is 12.8 Å². The number of hydrogen-bond donors (Lipinski definition) is 3. The van der Waals surface area contributed by atoms with Crippen LogP contribution in [-0.2, 0) is 6.42 Å². The van der Waals surface area contributed by atoms with E-state index in [4.69, 9.17) is 4.42 Å². The van der Waals surface area contributed by atoms with Crippen molar-refractivity contribution in [1.82, 2.24) is 10.6 Å². The van der Waals surface area contributed by atoms with Crippen molar-refractivity contribution in [3.63, 3.8) is 0 Å². The number of nitrogens with zero attached hydrogens (tertiary/aromatic N) is 1. The summed E-state index contributed by atoms with van der Waals surface area (Å²) in [5.41, 5.74) is 0.300. The van der Waals surface area contributed by atoms with E-state index in [1.165, 1.54) is 12.3 Å². The fraction of sp³-hybridized carbons (Fsp3) is 0.353. The molecule has 1 atom stereocenters. The van der Waals surface area contributed by atoms with E-state index in [-0.39, 0.29) is 6.54 Å². The molecule has 1 heterocycles. The summed E-state index contributed by atoms with van der Waals surface area (Å²) < 4.78 is 31.8. The van der Waals surface area contributed by atoms with Gasteiger partial charge in [-0.1, -0.05) is 0 Å². The third-order valence-electron chi connectivity index (χ3n) is 3.33. The first kappa shape index (κ1) is 17.9. The van der Waals surface area contributed by atoms with Gasteiger partial charge in [0.2, 0.25) is 0 Å². The summed E-state index contributed by atoms with van der Waals surface area (Å²) in [6.45, 7) is 3.05. The predicted molar refractivity (Wildman–Crippen MR) is 87.7 cm³/mol. The molecule has 0 saturated carbocycles. The summed E-state index contributed by atoms with van der Waals surface area (Å²) in [5, 5.41) is 16.0. The first-order valence-corrected chi connectivity index (χ1v) is 7.77. The third-order valence-corrected chi connectivity index (χ3v) is 3.33. The monoisotopic (exact) mass is 337 g/mol. The molecule has 3 N–H and O–H groups in total. The Kier molecular flexibility index (Phi) is 6.74. The van der Waals surface area contributed by atoms with Crippen LogP contribution < -0.4 is 10.6 Å². The largest absolute Gasteiger partial charge is 0.467 e. The molecule has 1 aromatic heterocycles. The second-order valence-electron chi connectivity index (χ2n) is 5.16. The summed E-state index contributed by atoms with van der Waals surface area (Å²) in [5.74, 6) is 0.0262. The maximum Gasteiger partial charge on any atom is 0.191 e. The van der Waals surface area contributed by atoms with Gasteiger partial charge in [0.1, 0.15) is 23.5 Å². The van der Waals surface area contributed by atoms with Crippen LogP contribution in [0.3, 0.4) is 0 Å². The summed E-state index contributed by atoms with van der Waals surface area (Å²) in [7, 11) is 0. The zero-order valence-corrected chi connectivity index (χ0v) is 13.4. The van der Waals surface area contributed by atoms with Gasteiger partial charge in [-0.25, -0.2) is 8.78 Å². The number of aliphatic imine (C=N–C) groups is 1. The molecule has 0 spiro atoms. The fourth-order valence-corrected chi connectivity index (χ4v) is 2.14. The Morgan fingerprint density at radius 1 is 1.29 bits per heavy atom. The van der Waals surface area contributed by atoms with E-state index in [2.05, 4.69) is 15.6 Å². The standard InChI is InChI=1S/C17H21F2N3O2/c1-2-20-17(22-11-15(23)16-4-3-9-24-16)21-8-7-12-10-13(18)5-6-14(12)19/h3-6,9-10,15,23H,2,7-8,11H2,1H3,(H2,20,21,22). The highest BCUT2D eigenvalue weighted by Crippen LogP contribution is 2.13. The minimum Gasteiger partial charge on any atom is -0.467 e. The molecule has 0 amide bonds. The van der Waals surface area contributed by atoms with Crippen molar-refractivity contribution in [3.8, 4) is 0 Å². The lowest BCUT2D eigenvalue weighted by molar-refractivity contribution is 0.158. The number of hydrogen-bond acceptors (Lipinski definition) is 3. The lowest BCUT2D eigenvalue weighted by atomic mass is 10.1. The predicted octanol–water partition coefficient (Wildman–Crippen LogP) is 2.39. The fourth-order valence-electron chi connectivity index (χ4n) is 2.14. The van der Waals surface area contributed by atoms with Crippen LogP contribution in [0.25, 0.3) is 0 Å². The average molecular weight is 337 g/mol. The Morgan fingerprint density at radius 3 is 2.83 bits per heavy atom. The number of furan rings is 1. The van der Waals surface area contributed by atoms with Gasteiger partial charge < -0.3 is 20.2 Å². The number of aliphatic hydroxyl groups is 1. The highest BCUT2D eigenvalue weighted by atomic mass is 19.1. The number of aliphatic hydroxyl groups excluding tert-OH is 1. The van der Waals surface area contributed by atoms with Gasteiger partial charge in [-0.05, 0) is 49.2 Å². The molecule has 0 aliphatic rings. The van der Waals surface area contributed by atoms with Crippen LogP contribution in [0.5, 0.6) is 0 Å². The average Bonchev–Trinajstić information content (AvgIpc) is 3.10. The first-order chi connectivity index (χ1) is 11.6. The molecule has 0 saturated heterocycles. The van der Waals surface area contributed by atoms with E-state index in [1.807, 2.05) is 6.92 Å². The number of rotatable bonds is 7. The van der Waals surface area contributed by atoms with Crippen LogP contribution >= 0.6 is 0 Å². The summed E-state index contributed by atoms with van der Waals surface area (Å²) in [6.07, 6.45) is 0.963. The highest BCUT2D eigenvalue weighted by molar-refractivity contribution is 5.79.